The predicted molar refractivity (Wildman–Crippen MR) is 63.7 cm³/mol. The van der Waals surface area contributed by atoms with E-state index >= 15 is 0 Å². The van der Waals surface area contributed by atoms with Gasteiger partial charge in [0, 0.05) is 12.2 Å². The molecule has 1 aromatic rings. The van der Waals surface area contributed by atoms with Crippen molar-refractivity contribution in [2.75, 3.05) is 20.6 Å². The van der Waals surface area contributed by atoms with Gasteiger partial charge in [0.05, 0.1) is 5.69 Å². The first kappa shape index (κ1) is 12.1. The van der Waals surface area contributed by atoms with E-state index < -0.39 is 0 Å². The van der Waals surface area contributed by atoms with Crippen molar-refractivity contribution in [1.29, 1.82) is 0 Å². The molecule has 1 unspecified atom stereocenters. The number of aryl methyl sites for hydroxylation is 1. The van der Waals surface area contributed by atoms with Crippen LogP contribution < -0.4 is 5.73 Å². The van der Waals surface area contributed by atoms with Crippen LogP contribution in [0.5, 0.6) is 0 Å². The van der Waals surface area contributed by atoms with Crippen molar-refractivity contribution >= 4 is 0 Å². The Labute approximate surface area is 92.3 Å². The molecule has 0 spiro atoms. The molecule has 0 aromatic carbocycles. The van der Waals surface area contributed by atoms with Gasteiger partial charge < -0.3 is 10.6 Å². The minimum Gasteiger partial charge on any atom is -0.323 e. The van der Waals surface area contributed by atoms with Gasteiger partial charge in [-0.15, -0.1) is 0 Å². The highest BCUT2D eigenvalue weighted by molar-refractivity contribution is 5.14. The molecule has 0 aliphatic heterocycles. The lowest BCUT2D eigenvalue weighted by molar-refractivity contribution is 0.385. The standard InChI is InChI=1S/C12H21N3/c1-10-6-7-12(14-9-10)11(13)5-4-8-15(2)3/h6-7,9,11H,4-5,8,13H2,1-3H3. The Morgan fingerprint density at radius 3 is 2.67 bits per heavy atom. The molecular formula is C12H21N3. The summed E-state index contributed by atoms with van der Waals surface area (Å²) in [5.41, 5.74) is 8.23. The van der Waals surface area contributed by atoms with E-state index in [0.29, 0.717) is 0 Å². The molecule has 0 saturated heterocycles. The molecule has 1 heterocycles. The summed E-state index contributed by atoms with van der Waals surface area (Å²) in [4.78, 5) is 6.51. The van der Waals surface area contributed by atoms with Crippen molar-refractivity contribution in [3.05, 3.63) is 29.6 Å². The van der Waals surface area contributed by atoms with Crippen LogP contribution in [-0.2, 0) is 0 Å². The monoisotopic (exact) mass is 207 g/mol. The molecule has 0 radical (unpaired) electrons. The third-order valence-electron chi connectivity index (χ3n) is 2.43. The average Bonchev–Trinajstić information content (AvgIpc) is 2.18. The largest absolute Gasteiger partial charge is 0.323 e. The van der Waals surface area contributed by atoms with Crippen molar-refractivity contribution in [3.63, 3.8) is 0 Å². The van der Waals surface area contributed by atoms with Crippen LogP contribution in [0, 0.1) is 6.92 Å². The van der Waals surface area contributed by atoms with E-state index in [1.807, 2.05) is 19.2 Å². The Balaban J connectivity index is 2.40. The van der Waals surface area contributed by atoms with E-state index in [1.54, 1.807) is 0 Å². The van der Waals surface area contributed by atoms with Gasteiger partial charge in [-0.1, -0.05) is 6.07 Å². The van der Waals surface area contributed by atoms with Crippen molar-refractivity contribution in [1.82, 2.24) is 9.88 Å². The second-order valence-electron chi connectivity index (χ2n) is 4.31. The third-order valence-corrected chi connectivity index (χ3v) is 2.43. The molecule has 3 heteroatoms. The number of nitrogens with zero attached hydrogens (tertiary/aromatic N) is 2. The number of pyridine rings is 1. The maximum atomic E-state index is 6.05. The summed E-state index contributed by atoms with van der Waals surface area (Å²) in [6.45, 7) is 3.12. The fraction of sp³-hybridized carbons (Fsp3) is 0.583. The van der Waals surface area contributed by atoms with Crippen LogP contribution in [0.25, 0.3) is 0 Å². The maximum absolute atomic E-state index is 6.05. The normalized spacial score (nSPS) is 13.1. The van der Waals surface area contributed by atoms with Crippen LogP contribution in [0.2, 0.25) is 0 Å². The maximum Gasteiger partial charge on any atom is 0.0571 e. The Kier molecular flexibility index (Phi) is 4.72. The minimum absolute atomic E-state index is 0.0746. The van der Waals surface area contributed by atoms with E-state index in [2.05, 4.69) is 30.0 Å². The van der Waals surface area contributed by atoms with Crippen LogP contribution in [0.4, 0.5) is 0 Å². The van der Waals surface area contributed by atoms with Crippen LogP contribution in [0.15, 0.2) is 18.3 Å². The summed E-state index contributed by atoms with van der Waals surface area (Å²) in [6, 6.07) is 4.16. The van der Waals surface area contributed by atoms with E-state index in [-0.39, 0.29) is 6.04 Å². The van der Waals surface area contributed by atoms with Gasteiger partial charge in [-0.3, -0.25) is 4.98 Å². The van der Waals surface area contributed by atoms with Gasteiger partial charge in [-0.05, 0) is 52.0 Å². The summed E-state index contributed by atoms with van der Waals surface area (Å²) in [6.07, 6.45) is 3.99. The van der Waals surface area contributed by atoms with Gasteiger partial charge >= 0.3 is 0 Å². The first-order valence-corrected chi connectivity index (χ1v) is 5.42. The highest BCUT2D eigenvalue weighted by atomic mass is 15.0. The Morgan fingerprint density at radius 2 is 2.13 bits per heavy atom. The Morgan fingerprint density at radius 1 is 1.40 bits per heavy atom. The van der Waals surface area contributed by atoms with Crippen LogP contribution in [-0.4, -0.2) is 30.5 Å². The SMILES string of the molecule is Cc1ccc(C(N)CCCN(C)C)nc1. The van der Waals surface area contributed by atoms with Crippen molar-refractivity contribution < 1.29 is 0 Å². The highest BCUT2D eigenvalue weighted by Gasteiger charge is 2.06. The lowest BCUT2D eigenvalue weighted by atomic mass is 10.1. The summed E-state index contributed by atoms with van der Waals surface area (Å²) < 4.78 is 0. The van der Waals surface area contributed by atoms with Crippen LogP contribution in [0.3, 0.4) is 0 Å². The third kappa shape index (κ3) is 4.40. The molecule has 1 aromatic heterocycles. The molecule has 2 N–H and O–H groups in total. The molecule has 0 amide bonds. The number of hydrogen-bond acceptors (Lipinski definition) is 3. The van der Waals surface area contributed by atoms with Crippen molar-refractivity contribution in [3.8, 4) is 0 Å². The minimum atomic E-state index is 0.0746. The van der Waals surface area contributed by atoms with E-state index in [0.717, 1.165) is 25.1 Å². The lowest BCUT2D eigenvalue weighted by Crippen LogP contribution is -2.17. The van der Waals surface area contributed by atoms with E-state index in [1.165, 1.54) is 5.56 Å². The molecule has 15 heavy (non-hydrogen) atoms. The van der Waals surface area contributed by atoms with Gasteiger partial charge in [0.25, 0.3) is 0 Å². The van der Waals surface area contributed by atoms with E-state index in [9.17, 15) is 0 Å². The summed E-state index contributed by atoms with van der Waals surface area (Å²) in [5, 5.41) is 0. The van der Waals surface area contributed by atoms with Gasteiger partial charge in [0.1, 0.15) is 0 Å². The zero-order valence-corrected chi connectivity index (χ0v) is 9.90. The molecule has 84 valence electrons. The smallest absolute Gasteiger partial charge is 0.0571 e. The topological polar surface area (TPSA) is 42.1 Å². The quantitative estimate of drug-likeness (QED) is 0.799. The molecule has 0 aliphatic carbocycles. The number of nitrogens with two attached hydrogens (primary N) is 1. The van der Waals surface area contributed by atoms with E-state index in [4.69, 9.17) is 5.73 Å². The predicted octanol–water partition coefficient (Wildman–Crippen LogP) is 1.73. The molecular weight excluding hydrogens is 186 g/mol. The Bertz CT molecular complexity index is 279. The molecule has 0 fully saturated rings. The zero-order chi connectivity index (χ0) is 11.3. The fourth-order valence-electron chi connectivity index (χ4n) is 1.47. The van der Waals surface area contributed by atoms with Crippen molar-refractivity contribution in [2.45, 2.75) is 25.8 Å². The second kappa shape index (κ2) is 5.83. The molecule has 1 atom stereocenters. The molecule has 1 rings (SSSR count). The van der Waals surface area contributed by atoms with Crippen LogP contribution in [0.1, 0.15) is 30.1 Å². The Hall–Kier alpha value is -0.930. The fourth-order valence-corrected chi connectivity index (χ4v) is 1.47. The van der Waals surface area contributed by atoms with Gasteiger partial charge in [0.15, 0.2) is 0 Å². The lowest BCUT2D eigenvalue weighted by Gasteiger charge is -2.13. The van der Waals surface area contributed by atoms with Gasteiger partial charge in [0.2, 0.25) is 0 Å². The first-order chi connectivity index (χ1) is 7.09. The average molecular weight is 207 g/mol. The number of aromatic nitrogens is 1. The second-order valence-corrected chi connectivity index (χ2v) is 4.31. The molecule has 0 aliphatic rings. The summed E-state index contributed by atoms with van der Waals surface area (Å²) in [5.74, 6) is 0. The summed E-state index contributed by atoms with van der Waals surface area (Å²) in [7, 11) is 4.16. The summed E-state index contributed by atoms with van der Waals surface area (Å²) >= 11 is 0. The van der Waals surface area contributed by atoms with Crippen LogP contribution >= 0.6 is 0 Å². The number of hydrogen-bond donors (Lipinski definition) is 1. The zero-order valence-electron chi connectivity index (χ0n) is 9.90. The molecule has 0 saturated carbocycles. The first-order valence-electron chi connectivity index (χ1n) is 5.42. The number of rotatable bonds is 5. The molecule has 3 nitrogen and oxygen atoms in total. The van der Waals surface area contributed by atoms with Crippen molar-refractivity contribution in [2.24, 2.45) is 5.73 Å². The van der Waals surface area contributed by atoms with Gasteiger partial charge in [-0.25, -0.2) is 0 Å². The van der Waals surface area contributed by atoms with Gasteiger partial charge in [-0.2, -0.15) is 0 Å². The highest BCUT2D eigenvalue weighted by Crippen LogP contribution is 2.13. The molecule has 0 bridgehead atoms.